The molecule has 2 heterocycles. The SMILES string of the molecule is Cc1ccsc1C(Cl)Cc1cccs1. The minimum atomic E-state index is 0.133. The number of rotatable bonds is 3. The monoisotopic (exact) mass is 242 g/mol. The maximum absolute atomic E-state index is 6.36. The minimum Gasteiger partial charge on any atom is -0.149 e. The third-order valence-electron chi connectivity index (χ3n) is 2.15. The van der Waals surface area contributed by atoms with Crippen molar-refractivity contribution in [2.45, 2.75) is 18.7 Å². The standard InChI is InChI=1S/C11H11ClS2/c1-8-4-6-14-11(8)10(12)7-9-3-2-5-13-9/h2-6,10H,7H2,1H3. The van der Waals surface area contributed by atoms with Gasteiger partial charge in [0.05, 0.1) is 5.38 Å². The number of hydrogen-bond acceptors (Lipinski definition) is 2. The summed E-state index contributed by atoms with van der Waals surface area (Å²) in [5.74, 6) is 0. The summed E-state index contributed by atoms with van der Waals surface area (Å²) >= 11 is 9.89. The molecule has 0 aliphatic rings. The lowest BCUT2D eigenvalue weighted by molar-refractivity contribution is 0.951. The summed E-state index contributed by atoms with van der Waals surface area (Å²) in [4.78, 5) is 2.66. The molecule has 2 aromatic rings. The summed E-state index contributed by atoms with van der Waals surface area (Å²) in [6.45, 7) is 2.12. The first-order valence-electron chi connectivity index (χ1n) is 4.48. The molecular formula is C11H11ClS2. The Bertz CT molecular complexity index is 389. The molecule has 0 bridgehead atoms. The highest BCUT2D eigenvalue weighted by Gasteiger charge is 2.12. The van der Waals surface area contributed by atoms with E-state index in [1.54, 1.807) is 22.7 Å². The van der Waals surface area contributed by atoms with Gasteiger partial charge in [-0.1, -0.05) is 6.07 Å². The molecule has 0 saturated heterocycles. The maximum Gasteiger partial charge on any atom is 0.0729 e. The molecule has 0 fully saturated rings. The largest absolute Gasteiger partial charge is 0.149 e. The van der Waals surface area contributed by atoms with Gasteiger partial charge < -0.3 is 0 Å². The Labute approximate surface area is 97.2 Å². The first-order chi connectivity index (χ1) is 6.77. The van der Waals surface area contributed by atoms with Crippen molar-refractivity contribution in [2.24, 2.45) is 0 Å². The van der Waals surface area contributed by atoms with E-state index in [1.165, 1.54) is 15.3 Å². The van der Waals surface area contributed by atoms with E-state index < -0.39 is 0 Å². The number of hydrogen-bond donors (Lipinski definition) is 0. The topological polar surface area (TPSA) is 0 Å². The second kappa shape index (κ2) is 4.47. The van der Waals surface area contributed by atoms with E-state index in [0.717, 1.165) is 6.42 Å². The van der Waals surface area contributed by atoms with Crippen molar-refractivity contribution in [3.63, 3.8) is 0 Å². The van der Waals surface area contributed by atoms with Crippen molar-refractivity contribution < 1.29 is 0 Å². The summed E-state index contributed by atoms with van der Waals surface area (Å²) < 4.78 is 0. The fraction of sp³-hybridized carbons (Fsp3) is 0.273. The zero-order valence-electron chi connectivity index (χ0n) is 7.87. The zero-order chi connectivity index (χ0) is 9.97. The lowest BCUT2D eigenvalue weighted by Gasteiger charge is -2.06. The van der Waals surface area contributed by atoms with Gasteiger partial charge in [-0.15, -0.1) is 34.3 Å². The minimum absolute atomic E-state index is 0.133. The Morgan fingerprint density at radius 3 is 2.71 bits per heavy atom. The number of aryl methyl sites for hydroxylation is 1. The van der Waals surface area contributed by atoms with Gasteiger partial charge in [0.25, 0.3) is 0 Å². The molecule has 0 spiro atoms. The van der Waals surface area contributed by atoms with E-state index in [4.69, 9.17) is 11.6 Å². The quantitative estimate of drug-likeness (QED) is 0.688. The molecule has 2 aromatic heterocycles. The van der Waals surface area contributed by atoms with Crippen molar-refractivity contribution in [1.82, 2.24) is 0 Å². The van der Waals surface area contributed by atoms with Crippen molar-refractivity contribution in [1.29, 1.82) is 0 Å². The summed E-state index contributed by atoms with van der Waals surface area (Å²) in [6, 6.07) is 6.34. The molecule has 0 saturated carbocycles. The fourth-order valence-electron chi connectivity index (χ4n) is 1.40. The van der Waals surface area contributed by atoms with Crippen molar-refractivity contribution in [3.8, 4) is 0 Å². The summed E-state index contributed by atoms with van der Waals surface area (Å²) in [6.07, 6.45) is 0.945. The van der Waals surface area contributed by atoms with Crippen molar-refractivity contribution in [2.75, 3.05) is 0 Å². The molecule has 74 valence electrons. The van der Waals surface area contributed by atoms with E-state index in [0.29, 0.717) is 0 Å². The molecule has 0 aliphatic heterocycles. The lowest BCUT2D eigenvalue weighted by Crippen LogP contribution is -1.92. The van der Waals surface area contributed by atoms with Crippen LogP contribution in [0, 0.1) is 6.92 Å². The molecule has 0 aliphatic carbocycles. The third-order valence-corrected chi connectivity index (χ3v) is 4.68. The Hall–Kier alpha value is -0.310. The number of thiophene rings is 2. The van der Waals surface area contributed by atoms with Crippen LogP contribution in [0.1, 0.15) is 20.7 Å². The highest BCUT2D eigenvalue weighted by molar-refractivity contribution is 7.10. The molecule has 14 heavy (non-hydrogen) atoms. The van der Waals surface area contributed by atoms with Gasteiger partial charge in [-0.2, -0.15) is 0 Å². The van der Waals surface area contributed by atoms with Crippen LogP contribution in [0.4, 0.5) is 0 Å². The highest BCUT2D eigenvalue weighted by Crippen LogP contribution is 2.32. The van der Waals surface area contributed by atoms with Gasteiger partial charge in [-0.05, 0) is 35.4 Å². The van der Waals surface area contributed by atoms with Crippen LogP contribution in [0.2, 0.25) is 0 Å². The van der Waals surface area contributed by atoms with Crippen LogP contribution in [-0.2, 0) is 6.42 Å². The van der Waals surface area contributed by atoms with E-state index in [2.05, 4.69) is 35.9 Å². The van der Waals surface area contributed by atoms with E-state index in [9.17, 15) is 0 Å². The van der Waals surface area contributed by atoms with Gasteiger partial charge in [-0.25, -0.2) is 0 Å². The van der Waals surface area contributed by atoms with Crippen LogP contribution in [-0.4, -0.2) is 0 Å². The molecule has 0 aromatic carbocycles. The van der Waals surface area contributed by atoms with Crippen LogP contribution in [0.25, 0.3) is 0 Å². The van der Waals surface area contributed by atoms with Crippen molar-refractivity contribution >= 4 is 34.3 Å². The van der Waals surface area contributed by atoms with Gasteiger partial charge in [0.1, 0.15) is 0 Å². The van der Waals surface area contributed by atoms with Gasteiger partial charge in [0, 0.05) is 16.2 Å². The summed E-state index contributed by atoms with van der Waals surface area (Å²) in [7, 11) is 0. The van der Waals surface area contributed by atoms with E-state index >= 15 is 0 Å². The zero-order valence-corrected chi connectivity index (χ0v) is 10.3. The Morgan fingerprint density at radius 1 is 1.29 bits per heavy atom. The van der Waals surface area contributed by atoms with E-state index in [1.807, 2.05) is 0 Å². The van der Waals surface area contributed by atoms with Crippen LogP contribution in [0.3, 0.4) is 0 Å². The van der Waals surface area contributed by atoms with Gasteiger partial charge >= 0.3 is 0 Å². The van der Waals surface area contributed by atoms with Gasteiger partial charge in [-0.3, -0.25) is 0 Å². The summed E-state index contributed by atoms with van der Waals surface area (Å²) in [5.41, 5.74) is 1.31. The second-order valence-electron chi connectivity index (χ2n) is 3.22. The summed E-state index contributed by atoms with van der Waals surface area (Å²) in [5, 5.41) is 4.34. The van der Waals surface area contributed by atoms with Crippen LogP contribution < -0.4 is 0 Å². The molecule has 0 amide bonds. The average Bonchev–Trinajstić information content (AvgIpc) is 2.75. The molecule has 0 N–H and O–H groups in total. The second-order valence-corrected chi connectivity index (χ2v) is 5.73. The highest BCUT2D eigenvalue weighted by atomic mass is 35.5. The molecular weight excluding hydrogens is 232 g/mol. The first-order valence-corrected chi connectivity index (χ1v) is 6.67. The lowest BCUT2D eigenvalue weighted by atomic mass is 10.2. The predicted molar refractivity (Wildman–Crippen MR) is 65.7 cm³/mol. The van der Waals surface area contributed by atoms with Crippen LogP contribution in [0.5, 0.6) is 0 Å². The maximum atomic E-state index is 6.36. The van der Waals surface area contributed by atoms with Gasteiger partial charge in [0.2, 0.25) is 0 Å². The average molecular weight is 243 g/mol. The molecule has 1 atom stereocenters. The molecule has 3 heteroatoms. The Morgan fingerprint density at radius 2 is 2.14 bits per heavy atom. The predicted octanol–water partition coefficient (Wildman–Crippen LogP) is 4.64. The van der Waals surface area contributed by atoms with Crippen LogP contribution >= 0.6 is 34.3 Å². The van der Waals surface area contributed by atoms with Crippen molar-refractivity contribution in [3.05, 3.63) is 44.3 Å². The smallest absolute Gasteiger partial charge is 0.0729 e. The number of alkyl halides is 1. The number of halogens is 1. The molecule has 0 nitrogen and oxygen atoms in total. The van der Waals surface area contributed by atoms with Gasteiger partial charge in [0.15, 0.2) is 0 Å². The Kier molecular flexibility index (Phi) is 3.26. The van der Waals surface area contributed by atoms with Crippen LogP contribution in [0.15, 0.2) is 29.0 Å². The normalized spacial score (nSPS) is 13.0. The fourth-order valence-corrected chi connectivity index (χ4v) is 3.64. The molecule has 0 radical (unpaired) electrons. The third kappa shape index (κ3) is 2.19. The van der Waals surface area contributed by atoms with E-state index in [-0.39, 0.29) is 5.38 Å². The Balaban J connectivity index is 2.10. The first kappa shape index (κ1) is 10.2. The molecule has 1 unspecified atom stereocenters. The molecule has 2 rings (SSSR count).